The molecule has 3 saturated carbocycles. The summed E-state index contributed by atoms with van der Waals surface area (Å²) in [5.41, 5.74) is 3.20. The summed E-state index contributed by atoms with van der Waals surface area (Å²) in [6.45, 7) is 2.45. The summed E-state index contributed by atoms with van der Waals surface area (Å²) in [6.07, 6.45) is 12.3. The van der Waals surface area contributed by atoms with Crippen molar-refractivity contribution in [1.82, 2.24) is 15.1 Å². The summed E-state index contributed by atoms with van der Waals surface area (Å²) in [7, 11) is 0. The van der Waals surface area contributed by atoms with Crippen molar-refractivity contribution in [2.75, 3.05) is 4.90 Å². The predicted molar refractivity (Wildman–Crippen MR) is 127 cm³/mol. The molecular formula is C27H34N4O4. The lowest BCUT2D eigenvalue weighted by molar-refractivity contribution is 0.0690. The first-order valence-corrected chi connectivity index (χ1v) is 13.6. The Labute approximate surface area is 205 Å². The van der Waals surface area contributed by atoms with E-state index in [1.165, 1.54) is 56.2 Å². The third kappa shape index (κ3) is 3.76. The van der Waals surface area contributed by atoms with E-state index in [1.807, 2.05) is 6.92 Å². The van der Waals surface area contributed by atoms with Crippen molar-refractivity contribution < 1.29 is 19.2 Å². The van der Waals surface area contributed by atoms with Gasteiger partial charge in [-0.2, -0.15) is 0 Å². The molecule has 5 atom stereocenters. The Morgan fingerprint density at radius 1 is 1.11 bits per heavy atom. The summed E-state index contributed by atoms with van der Waals surface area (Å²) in [4.78, 5) is 22.9. The fraction of sp³-hybridized carbons (Fsp3) is 0.704. The normalized spacial score (nSPS) is 32.0. The molecule has 5 aliphatic rings. The molecule has 0 amide bonds. The molecule has 4 unspecified atom stereocenters. The van der Waals surface area contributed by atoms with E-state index >= 15 is 0 Å². The average molecular weight is 479 g/mol. The van der Waals surface area contributed by atoms with E-state index in [9.17, 15) is 9.90 Å². The molecule has 7 rings (SSSR count). The maximum Gasteiger partial charge on any atom is 0.354 e. The minimum atomic E-state index is -0.999. The van der Waals surface area contributed by atoms with Crippen molar-refractivity contribution in [1.29, 1.82) is 0 Å². The van der Waals surface area contributed by atoms with Crippen LogP contribution in [-0.2, 0) is 11.3 Å². The van der Waals surface area contributed by atoms with Gasteiger partial charge < -0.3 is 19.3 Å². The smallest absolute Gasteiger partial charge is 0.354 e. The SMILES string of the molecule is Cc1cc(C(=O)O)nc(N2C3CCC2C2C(C3)[C@@H]2OCc2c(C3CCCCC3)noc2C2CC2)n1. The number of fused-ring (bicyclic) bond motifs is 4. The lowest BCUT2D eigenvalue weighted by Gasteiger charge is -2.34. The van der Waals surface area contributed by atoms with Gasteiger partial charge in [-0.25, -0.2) is 14.8 Å². The molecule has 3 aliphatic carbocycles. The van der Waals surface area contributed by atoms with Crippen LogP contribution in [-0.4, -0.2) is 44.4 Å². The zero-order valence-corrected chi connectivity index (χ0v) is 20.4. The molecule has 186 valence electrons. The van der Waals surface area contributed by atoms with Crippen molar-refractivity contribution in [2.45, 2.75) is 108 Å². The van der Waals surface area contributed by atoms with Gasteiger partial charge >= 0.3 is 5.97 Å². The minimum Gasteiger partial charge on any atom is -0.477 e. The molecule has 8 heteroatoms. The number of hydrogen-bond donors (Lipinski definition) is 1. The number of carboxylic acid groups (broad SMARTS) is 1. The van der Waals surface area contributed by atoms with Crippen LogP contribution in [0.3, 0.4) is 0 Å². The lowest BCUT2D eigenvalue weighted by Crippen LogP contribution is -2.42. The number of ether oxygens (including phenoxy) is 1. The first kappa shape index (κ1) is 21.8. The minimum absolute atomic E-state index is 0.0768. The number of piperidine rings is 1. The highest BCUT2D eigenvalue weighted by molar-refractivity contribution is 5.85. The molecule has 1 N–H and O–H groups in total. The van der Waals surface area contributed by atoms with Gasteiger partial charge in [0.25, 0.3) is 0 Å². The van der Waals surface area contributed by atoms with E-state index in [0.717, 1.165) is 25.0 Å². The molecule has 2 aromatic heterocycles. The monoisotopic (exact) mass is 478 g/mol. The maximum atomic E-state index is 11.6. The van der Waals surface area contributed by atoms with Crippen molar-refractivity contribution in [3.05, 3.63) is 34.5 Å². The molecule has 2 aliphatic heterocycles. The van der Waals surface area contributed by atoms with Crippen LogP contribution in [0.4, 0.5) is 5.95 Å². The second-order valence-corrected chi connectivity index (χ2v) is 11.5. The number of hydrogen-bond acceptors (Lipinski definition) is 7. The van der Waals surface area contributed by atoms with Gasteiger partial charge in [-0.3, -0.25) is 0 Å². The van der Waals surface area contributed by atoms with E-state index in [2.05, 4.69) is 20.0 Å². The second-order valence-electron chi connectivity index (χ2n) is 11.5. The number of aryl methyl sites for hydroxylation is 1. The first-order chi connectivity index (χ1) is 17.1. The van der Waals surface area contributed by atoms with Gasteiger partial charge in [0.1, 0.15) is 5.76 Å². The molecule has 2 saturated heterocycles. The first-order valence-electron chi connectivity index (χ1n) is 13.6. The Kier molecular flexibility index (Phi) is 5.16. The van der Waals surface area contributed by atoms with E-state index in [1.54, 1.807) is 6.07 Å². The zero-order valence-electron chi connectivity index (χ0n) is 20.4. The summed E-state index contributed by atoms with van der Waals surface area (Å²) in [5.74, 6) is 2.77. The molecule has 2 bridgehead atoms. The van der Waals surface area contributed by atoms with Crippen molar-refractivity contribution in [2.24, 2.45) is 11.8 Å². The number of aromatic carboxylic acids is 1. The van der Waals surface area contributed by atoms with E-state index in [-0.39, 0.29) is 11.8 Å². The Morgan fingerprint density at radius 2 is 1.94 bits per heavy atom. The predicted octanol–water partition coefficient (Wildman–Crippen LogP) is 4.97. The highest BCUT2D eigenvalue weighted by atomic mass is 16.5. The maximum absolute atomic E-state index is 11.6. The van der Waals surface area contributed by atoms with Gasteiger partial charge in [-0.05, 0) is 63.9 Å². The summed E-state index contributed by atoms with van der Waals surface area (Å²) >= 11 is 0. The van der Waals surface area contributed by atoms with Crippen LogP contribution in [0.5, 0.6) is 0 Å². The van der Waals surface area contributed by atoms with E-state index in [4.69, 9.17) is 9.26 Å². The lowest BCUT2D eigenvalue weighted by atomic mass is 9.85. The Bertz CT molecular complexity index is 1140. The molecule has 8 nitrogen and oxygen atoms in total. The Morgan fingerprint density at radius 3 is 2.71 bits per heavy atom. The van der Waals surface area contributed by atoms with Gasteiger partial charge in [0.05, 0.1) is 18.4 Å². The third-order valence-corrected chi connectivity index (χ3v) is 9.19. The molecule has 35 heavy (non-hydrogen) atoms. The molecule has 0 spiro atoms. The van der Waals surface area contributed by atoms with Crippen LogP contribution in [0.1, 0.15) is 109 Å². The number of carboxylic acids is 1. The number of anilines is 1. The number of rotatable bonds is 7. The number of aromatic nitrogens is 3. The summed E-state index contributed by atoms with van der Waals surface area (Å²) < 4.78 is 12.6. The van der Waals surface area contributed by atoms with E-state index < -0.39 is 5.97 Å². The van der Waals surface area contributed by atoms with Gasteiger partial charge in [0.2, 0.25) is 5.95 Å². The van der Waals surface area contributed by atoms with Crippen molar-refractivity contribution in [3.8, 4) is 0 Å². The fourth-order valence-electron chi connectivity index (χ4n) is 7.35. The molecule has 0 aromatic carbocycles. The highest BCUT2D eigenvalue weighted by Gasteiger charge is 2.64. The van der Waals surface area contributed by atoms with Crippen LogP contribution in [0, 0.1) is 18.8 Å². The van der Waals surface area contributed by atoms with E-state index in [0.29, 0.717) is 54.0 Å². The fourth-order valence-corrected chi connectivity index (χ4v) is 7.35. The number of carbonyl (C=O) groups is 1. The van der Waals surface area contributed by atoms with Crippen molar-refractivity contribution in [3.63, 3.8) is 0 Å². The van der Waals surface area contributed by atoms with Gasteiger partial charge in [-0.15, -0.1) is 0 Å². The van der Waals surface area contributed by atoms with Gasteiger partial charge in [0.15, 0.2) is 5.69 Å². The topological polar surface area (TPSA) is 102 Å². The molecule has 0 radical (unpaired) electrons. The molecule has 4 heterocycles. The van der Waals surface area contributed by atoms with Gasteiger partial charge in [-0.1, -0.05) is 24.4 Å². The highest BCUT2D eigenvalue weighted by Crippen LogP contribution is 2.58. The largest absolute Gasteiger partial charge is 0.477 e. The summed E-state index contributed by atoms with van der Waals surface area (Å²) in [5, 5.41) is 14.1. The second kappa shape index (κ2) is 8.29. The Balaban J connectivity index is 1.09. The summed E-state index contributed by atoms with van der Waals surface area (Å²) in [6, 6.07) is 2.24. The zero-order chi connectivity index (χ0) is 23.7. The third-order valence-electron chi connectivity index (χ3n) is 9.19. The van der Waals surface area contributed by atoms with Gasteiger partial charge in [0, 0.05) is 41.1 Å². The van der Waals surface area contributed by atoms with Crippen LogP contribution in [0.25, 0.3) is 0 Å². The molecule has 5 fully saturated rings. The van der Waals surface area contributed by atoms with Crippen LogP contribution in [0.15, 0.2) is 10.6 Å². The number of nitrogens with zero attached hydrogens (tertiary/aromatic N) is 4. The van der Waals surface area contributed by atoms with Crippen molar-refractivity contribution >= 4 is 11.9 Å². The standard InChI is InChI=1S/C27H34N4O4/c1-14-11-20(26(32)33)29-27(28-14)31-17-9-10-21(31)22-18(12-17)25(22)34-13-19-23(15-5-3-2-4-6-15)30-35-24(19)16-7-8-16/h11,15-18,21-22,25H,2-10,12-13H2,1H3,(H,32,33)/t17?,18?,21?,22?,25-/m0/s1. The van der Waals surface area contributed by atoms with Crippen LogP contribution in [0.2, 0.25) is 0 Å². The molecular weight excluding hydrogens is 444 g/mol. The Hall–Kier alpha value is -2.48. The van der Waals surface area contributed by atoms with Crippen LogP contribution >= 0.6 is 0 Å². The molecule has 2 aromatic rings. The quantitative estimate of drug-likeness (QED) is 0.595. The average Bonchev–Trinajstić information content (AvgIpc) is 3.75. The van der Waals surface area contributed by atoms with Crippen LogP contribution < -0.4 is 4.90 Å².